The maximum Gasteiger partial charge on any atom is 0.326 e. The van der Waals surface area contributed by atoms with Crippen molar-refractivity contribution in [2.45, 2.75) is 256 Å². The van der Waals surface area contributed by atoms with Crippen molar-refractivity contribution < 1.29 is 107 Å². The van der Waals surface area contributed by atoms with E-state index in [1.165, 1.54) is 60.5 Å². The number of aliphatic carboxylic acids is 3. The Bertz CT molecular complexity index is 3830. The SMILES string of the molecule is CCC(C)C(NC(=O)C(NC(=O)C1CCCN1C(=O)C(Cc1cnc[nH]1)NC(=O)C1CCCN1C(=O)CNC(=O)C(C)NC(=O)C(N)CCSC)C(C)C)C(=O)NC(C(=O)NC(C(=O)NC(C(=O)NCC(=O)N1CCCC1C(=O)NC(Cc1cnc[nH]1)C(=O)NC(CCC(=O)O)C(=O)NC(CCC(=O)O)C(=O)O)C(C)O)C(C)CC)C(C)C. The van der Waals surface area contributed by atoms with Crippen LogP contribution < -0.4 is 69.5 Å². The van der Waals surface area contributed by atoms with E-state index in [0.717, 1.165) is 4.90 Å². The fourth-order valence-electron chi connectivity index (χ4n) is 13.6. The Morgan fingerprint density at radius 3 is 1.31 bits per heavy atom. The number of amides is 15. The van der Waals surface area contributed by atoms with Crippen molar-refractivity contribution in [3.8, 4) is 0 Å². The quantitative estimate of drug-likeness (QED) is 0.0298. The van der Waals surface area contributed by atoms with Crippen molar-refractivity contribution in [2.75, 3.05) is 44.7 Å². The normalized spacial score (nSPS) is 18.8. The third-order valence-corrected chi connectivity index (χ3v) is 21.7. The molecule has 15 amide bonds. The number of likely N-dealkylation sites (tertiary alicyclic amines) is 3. The molecule has 0 aliphatic carbocycles. The van der Waals surface area contributed by atoms with E-state index in [0.29, 0.717) is 42.8 Å². The molecule has 43 heteroatoms. The highest BCUT2D eigenvalue weighted by atomic mass is 32.2. The van der Waals surface area contributed by atoms with Gasteiger partial charge in [0.1, 0.15) is 78.5 Å². The lowest BCUT2D eigenvalue weighted by molar-refractivity contribution is -0.144. The number of imidazole rings is 2. The molecule has 5 heterocycles. The molecule has 20 N–H and O–H groups in total. The monoisotopic (exact) mass is 1680 g/mol. The average Bonchev–Trinajstić information content (AvgIpc) is 1.67. The van der Waals surface area contributed by atoms with Crippen molar-refractivity contribution in [1.29, 1.82) is 0 Å². The van der Waals surface area contributed by atoms with Crippen LogP contribution in [-0.4, -0.2) is 297 Å². The first-order valence-corrected chi connectivity index (χ1v) is 41.1. The molecule has 17 atom stereocenters. The third kappa shape index (κ3) is 29.3. The maximum absolute atomic E-state index is 14.8. The molecule has 0 bridgehead atoms. The third-order valence-electron chi connectivity index (χ3n) is 21.0. The summed E-state index contributed by atoms with van der Waals surface area (Å²) in [5.41, 5.74) is 6.69. The number of carboxylic acid groups (broad SMARTS) is 3. The molecule has 17 unspecified atom stereocenters. The average molecular weight is 1680 g/mol. The maximum atomic E-state index is 14.8. The second-order valence-electron chi connectivity index (χ2n) is 30.7. The minimum Gasteiger partial charge on any atom is -0.481 e. The molecule has 42 nitrogen and oxygen atoms in total. The van der Waals surface area contributed by atoms with Gasteiger partial charge in [0.05, 0.1) is 37.9 Å². The molecule has 5 rings (SSSR count). The summed E-state index contributed by atoms with van der Waals surface area (Å²) in [6.45, 7) is 14.8. The summed E-state index contributed by atoms with van der Waals surface area (Å²) in [6.07, 6.45) is 5.20. The topological polar surface area (TPSA) is 626 Å². The van der Waals surface area contributed by atoms with E-state index in [2.05, 4.69) is 83.7 Å². The molecule has 656 valence electrons. The molecule has 3 aliphatic heterocycles. The number of H-pyrrole nitrogens is 2. The number of thioether (sulfide) groups is 1. The van der Waals surface area contributed by atoms with E-state index in [9.17, 15) is 102 Å². The summed E-state index contributed by atoms with van der Waals surface area (Å²) in [4.78, 5) is 262. The summed E-state index contributed by atoms with van der Waals surface area (Å²) in [6, 6.07) is -18.8. The predicted octanol–water partition coefficient (Wildman–Crippen LogP) is -4.33. The molecule has 0 aromatic carbocycles. The van der Waals surface area contributed by atoms with Gasteiger partial charge in [-0.2, -0.15) is 11.8 Å². The number of nitrogens with zero attached hydrogens (tertiary/aromatic N) is 5. The number of aromatic nitrogens is 4. The number of aliphatic hydroxyl groups excluding tert-OH is 1. The van der Waals surface area contributed by atoms with Crippen LogP contribution in [0.25, 0.3) is 0 Å². The number of aromatic amines is 2. The Morgan fingerprint density at radius 1 is 0.466 bits per heavy atom. The molecule has 0 saturated carbocycles. The van der Waals surface area contributed by atoms with Gasteiger partial charge < -0.3 is 115 Å². The van der Waals surface area contributed by atoms with E-state index in [-0.39, 0.29) is 64.6 Å². The minimum atomic E-state index is -1.76. The van der Waals surface area contributed by atoms with Crippen LogP contribution in [0.4, 0.5) is 0 Å². The largest absolute Gasteiger partial charge is 0.481 e. The Labute approximate surface area is 687 Å². The summed E-state index contributed by atoms with van der Waals surface area (Å²) in [5.74, 6) is -18.5. The van der Waals surface area contributed by atoms with Crippen LogP contribution in [0.15, 0.2) is 25.0 Å². The van der Waals surface area contributed by atoms with Crippen LogP contribution in [-0.2, 0) is 99.1 Å². The fourth-order valence-corrected chi connectivity index (χ4v) is 14.1. The van der Waals surface area contributed by atoms with Gasteiger partial charge in [0.2, 0.25) is 88.6 Å². The van der Waals surface area contributed by atoms with Crippen LogP contribution >= 0.6 is 11.8 Å². The lowest BCUT2D eigenvalue weighted by atomic mass is 9.94. The molecule has 3 fully saturated rings. The van der Waals surface area contributed by atoms with Crippen LogP contribution in [0.2, 0.25) is 0 Å². The van der Waals surface area contributed by atoms with Crippen molar-refractivity contribution >= 4 is 118 Å². The molecule has 118 heavy (non-hydrogen) atoms. The van der Waals surface area contributed by atoms with Crippen molar-refractivity contribution in [3.05, 3.63) is 36.4 Å². The van der Waals surface area contributed by atoms with Gasteiger partial charge in [-0.25, -0.2) is 14.8 Å². The zero-order valence-corrected chi connectivity index (χ0v) is 69.3. The van der Waals surface area contributed by atoms with Crippen molar-refractivity contribution in [3.63, 3.8) is 0 Å². The number of nitrogens with two attached hydrogens (primary N) is 1. The number of carbonyl (C=O) groups excluding carboxylic acids is 15. The van der Waals surface area contributed by atoms with Crippen LogP contribution in [0.3, 0.4) is 0 Å². The smallest absolute Gasteiger partial charge is 0.326 e. The molecule has 0 spiro atoms. The van der Waals surface area contributed by atoms with E-state index in [1.54, 1.807) is 55.4 Å². The first kappa shape index (κ1) is 97.7. The standard InChI is InChI=1S/C75H118N20O22S/c1-12-39(7)59(90-70(111)57(37(3)4)88-68(109)52-19-16-27-95(52)74(115)49(30-44-32-78-36-82-44)87-67(108)51-18-15-26-94(51)53(97)33-79-62(103)41(9)83-63(104)45(76)24-28-118-11)72(113)89-58(38(5)6)71(112)91-60(40(8)13-2)73(114)92-61(42(10)96)69(110)80-34-54(98)93-25-14-17-50(93)66(107)86-48(29-43-31-77-35-81-43)65(106)84-46(20-22-55(99)100)64(105)85-47(75(116)117)21-23-56(101)102/h31-32,35-42,45-52,57-61,96H,12-30,33-34,76H2,1-11H3,(H,77,81)(H,78,82)(H,79,103)(H,80,110)(H,83,104)(H,84,106)(H,85,105)(H,86,107)(H,87,108)(H,88,109)(H,89,113)(H,90,111)(H,91,112)(H,92,114)(H,99,100)(H,101,102)(H,116,117). The predicted molar refractivity (Wildman–Crippen MR) is 422 cm³/mol. The van der Waals surface area contributed by atoms with Gasteiger partial charge in [-0.05, 0) is 107 Å². The number of hydrogen-bond donors (Lipinski definition) is 19. The lowest BCUT2D eigenvalue weighted by Crippen LogP contribution is -2.63. The summed E-state index contributed by atoms with van der Waals surface area (Å²) in [5, 5.41) is 69.9. The van der Waals surface area contributed by atoms with Crippen LogP contribution in [0.1, 0.15) is 164 Å². The van der Waals surface area contributed by atoms with Crippen molar-refractivity contribution in [1.82, 2.24) is 98.4 Å². The molecular weight excluding hydrogens is 1570 g/mol. The van der Waals surface area contributed by atoms with E-state index in [1.807, 2.05) is 6.26 Å². The Balaban J connectivity index is 1.22. The van der Waals surface area contributed by atoms with Gasteiger partial charge in [-0.15, -0.1) is 0 Å². The van der Waals surface area contributed by atoms with Gasteiger partial charge in [0.25, 0.3) is 0 Å². The number of carbonyl (C=O) groups is 18. The lowest BCUT2D eigenvalue weighted by Gasteiger charge is -2.33. The van der Waals surface area contributed by atoms with Gasteiger partial charge in [0, 0.05) is 69.1 Å². The first-order valence-electron chi connectivity index (χ1n) is 39.8. The van der Waals surface area contributed by atoms with Gasteiger partial charge in [-0.3, -0.25) is 81.5 Å². The van der Waals surface area contributed by atoms with Crippen LogP contribution in [0.5, 0.6) is 0 Å². The second-order valence-corrected chi connectivity index (χ2v) is 31.7. The summed E-state index contributed by atoms with van der Waals surface area (Å²) in [7, 11) is 0. The van der Waals surface area contributed by atoms with E-state index < -0.39 is 260 Å². The molecule has 2 aromatic rings. The van der Waals surface area contributed by atoms with Crippen LogP contribution in [0, 0.1) is 23.7 Å². The molecular formula is C75H118N20O22S. The fraction of sp³-hybridized carbons (Fsp3) is 0.680. The summed E-state index contributed by atoms with van der Waals surface area (Å²) < 4.78 is 0. The minimum absolute atomic E-state index is 0.0242. The Morgan fingerprint density at radius 2 is 0.864 bits per heavy atom. The highest BCUT2D eigenvalue weighted by molar-refractivity contribution is 7.98. The molecule has 3 aliphatic rings. The number of carboxylic acids is 3. The number of rotatable bonds is 48. The zero-order chi connectivity index (χ0) is 87.9. The van der Waals surface area contributed by atoms with E-state index in [4.69, 9.17) is 10.8 Å². The second kappa shape index (κ2) is 47.5. The van der Waals surface area contributed by atoms with Gasteiger partial charge >= 0.3 is 17.9 Å². The zero-order valence-electron chi connectivity index (χ0n) is 68.5. The number of hydrogen-bond acceptors (Lipinski definition) is 23. The molecule has 3 saturated heterocycles. The van der Waals surface area contributed by atoms with E-state index >= 15 is 0 Å². The molecule has 0 radical (unpaired) electrons. The first-order chi connectivity index (χ1) is 55.7. The Kier molecular flexibility index (Phi) is 39.4. The highest BCUT2D eigenvalue weighted by Crippen LogP contribution is 2.24. The van der Waals surface area contributed by atoms with Gasteiger partial charge in [-0.1, -0.05) is 68.2 Å². The number of aliphatic hydroxyl groups is 1. The Hall–Kier alpha value is -10.8. The highest BCUT2D eigenvalue weighted by Gasteiger charge is 2.45. The van der Waals surface area contributed by atoms with Crippen molar-refractivity contribution in [2.24, 2.45) is 29.4 Å². The number of nitrogens with one attached hydrogen (secondary N) is 14. The van der Waals surface area contributed by atoms with Gasteiger partial charge in [0.15, 0.2) is 0 Å². The molecule has 2 aromatic heterocycles. The summed E-state index contributed by atoms with van der Waals surface area (Å²) >= 11 is 1.51.